The predicted molar refractivity (Wildman–Crippen MR) is 55.7 cm³/mol. The van der Waals surface area contributed by atoms with E-state index < -0.39 is 23.6 Å². The smallest absolute Gasteiger partial charge is 0.416 e. The van der Waals surface area contributed by atoms with Crippen molar-refractivity contribution in [2.24, 2.45) is 0 Å². The number of rotatable bonds is 3. The van der Waals surface area contributed by atoms with E-state index in [2.05, 4.69) is 12.6 Å². The molecular formula is C10H9F3O2S. The van der Waals surface area contributed by atoms with Crippen molar-refractivity contribution in [1.82, 2.24) is 0 Å². The molecule has 0 aliphatic heterocycles. The van der Waals surface area contributed by atoms with Crippen LogP contribution in [0.1, 0.15) is 17.0 Å². The summed E-state index contributed by atoms with van der Waals surface area (Å²) in [5.74, 6) is -2.25. The number of hydrogen-bond donors (Lipinski definition) is 2. The van der Waals surface area contributed by atoms with Crippen LogP contribution >= 0.6 is 12.6 Å². The van der Waals surface area contributed by atoms with Crippen LogP contribution in [0.15, 0.2) is 24.3 Å². The zero-order valence-electron chi connectivity index (χ0n) is 8.03. The maximum atomic E-state index is 12.4. The minimum atomic E-state index is -4.46. The van der Waals surface area contributed by atoms with Gasteiger partial charge in [-0.25, -0.2) is 0 Å². The Kier molecular flexibility index (Phi) is 3.85. The molecule has 1 aromatic rings. The summed E-state index contributed by atoms with van der Waals surface area (Å²) in [5.41, 5.74) is -0.740. The molecule has 1 unspecified atom stereocenters. The first-order valence-electron chi connectivity index (χ1n) is 4.37. The van der Waals surface area contributed by atoms with Gasteiger partial charge in [0.1, 0.15) is 0 Å². The molecule has 1 aromatic carbocycles. The van der Waals surface area contributed by atoms with Crippen molar-refractivity contribution in [2.45, 2.75) is 12.1 Å². The molecule has 0 spiro atoms. The van der Waals surface area contributed by atoms with E-state index in [-0.39, 0.29) is 11.3 Å². The Morgan fingerprint density at radius 1 is 1.44 bits per heavy atom. The molecule has 0 radical (unpaired) electrons. The molecule has 0 heterocycles. The molecule has 0 amide bonds. The number of carboxylic acids is 1. The molecule has 0 saturated heterocycles. The van der Waals surface area contributed by atoms with Crippen molar-refractivity contribution in [2.75, 3.05) is 5.75 Å². The zero-order valence-corrected chi connectivity index (χ0v) is 8.92. The Morgan fingerprint density at radius 2 is 2.06 bits per heavy atom. The first-order valence-corrected chi connectivity index (χ1v) is 5.00. The zero-order chi connectivity index (χ0) is 12.3. The van der Waals surface area contributed by atoms with Gasteiger partial charge in [-0.1, -0.05) is 18.2 Å². The van der Waals surface area contributed by atoms with Gasteiger partial charge in [0.05, 0.1) is 11.5 Å². The molecule has 0 saturated carbocycles. The summed E-state index contributed by atoms with van der Waals surface area (Å²) in [4.78, 5) is 10.8. The lowest BCUT2D eigenvalue weighted by atomic mass is 9.99. The summed E-state index contributed by atoms with van der Waals surface area (Å²) >= 11 is 3.81. The third kappa shape index (κ3) is 2.91. The lowest BCUT2D eigenvalue weighted by Gasteiger charge is -2.12. The predicted octanol–water partition coefficient (Wildman–Crippen LogP) is 2.80. The van der Waals surface area contributed by atoms with Gasteiger partial charge in [-0.05, 0) is 11.6 Å². The number of carboxylic acid groups (broad SMARTS) is 1. The number of aliphatic carboxylic acids is 1. The summed E-state index contributed by atoms with van der Waals surface area (Å²) in [6.07, 6.45) is -4.46. The van der Waals surface area contributed by atoms with Crippen LogP contribution in [-0.2, 0) is 11.0 Å². The fourth-order valence-electron chi connectivity index (χ4n) is 1.26. The van der Waals surface area contributed by atoms with Gasteiger partial charge in [0.15, 0.2) is 0 Å². The van der Waals surface area contributed by atoms with Crippen LogP contribution in [0.5, 0.6) is 0 Å². The largest absolute Gasteiger partial charge is 0.481 e. The molecule has 2 nitrogen and oxygen atoms in total. The summed E-state index contributed by atoms with van der Waals surface area (Å²) in [7, 11) is 0. The number of carbonyl (C=O) groups is 1. The number of alkyl halides is 3. The molecule has 0 bridgehead atoms. The molecule has 1 rings (SSSR count). The Hall–Kier alpha value is -1.17. The van der Waals surface area contributed by atoms with E-state index in [1.807, 2.05) is 0 Å². The summed E-state index contributed by atoms with van der Waals surface area (Å²) in [6.45, 7) is 0. The van der Waals surface area contributed by atoms with Crippen molar-refractivity contribution >= 4 is 18.6 Å². The number of benzene rings is 1. The second-order valence-electron chi connectivity index (χ2n) is 3.20. The van der Waals surface area contributed by atoms with Crippen molar-refractivity contribution in [1.29, 1.82) is 0 Å². The normalized spacial score (nSPS) is 13.5. The van der Waals surface area contributed by atoms with Gasteiger partial charge in [0.2, 0.25) is 0 Å². The highest BCUT2D eigenvalue weighted by Gasteiger charge is 2.31. The molecular weight excluding hydrogens is 241 g/mol. The van der Waals surface area contributed by atoms with E-state index in [0.29, 0.717) is 0 Å². The van der Waals surface area contributed by atoms with Crippen LogP contribution in [0, 0.1) is 0 Å². The second kappa shape index (κ2) is 4.78. The van der Waals surface area contributed by atoms with E-state index >= 15 is 0 Å². The topological polar surface area (TPSA) is 37.3 Å². The first-order chi connectivity index (χ1) is 7.36. The average molecular weight is 250 g/mol. The van der Waals surface area contributed by atoms with Gasteiger partial charge >= 0.3 is 12.1 Å². The Morgan fingerprint density at radius 3 is 2.50 bits per heavy atom. The molecule has 1 N–H and O–H groups in total. The monoisotopic (exact) mass is 250 g/mol. The fraction of sp³-hybridized carbons (Fsp3) is 0.300. The van der Waals surface area contributed by atoms with Crippen molar-refractivity contribution < 1.29 is 23.1 Å². The Labute approximate surface area is 95.5 Å². The van der Waals surface area contributed by atoms with Crippen LogP contribution in [0.2, 0.25) is 0 Å². The van der Waals surface area contributed by atoms with E-state index in [1.54, 1.807) is 0 Å². The lowest BCUT2D eigenvalue weighted by molar-refractivity contribution is -0.139. The van der Waals surface area contributed by atoms with E-state index in [1.165, 1.54) is 12.1 Å². The number of hydrogen-bond acceptors (Lipinski definition) is 2. The third-order valence-electron chi connectivity index (χ3n) is 2.10. The van der Waals surface area contributed by atoms with Gasteiger partial charge in [-0.3, -0.25) is 4.79 Å². The van der Waals surface area contributed by atoms with E-state index in [0.717, 1.165) is 12.1 Å². The highest BCUT2D eigenvalue weighted by molar-refractivity contribution is 7.80. The van der Waals surface area contributed by atoms with Gasteiger partial charge in [0, 0.05) is 5.75 Å². The minimum absolute atomic E-state index is 0.0450. The molecule has 88 valence electrons. The van der Waals surface area contributed by atoms with Gasteiger partial charge < -0.3 is 5.11 Å². The van der Waals surface area contributed by atoms with Crippen molar-refractivity contribution in [3.05, 3.63) is 35.4 Å². The maximum Gasteiger partial charge on any atom is 0.416 e. The molecule has 0 aliphatic carbocycles. The highest BCUT2D eigenvalue weighted by atomic mass is 32.1. The third-order valence-corrected chi connectivity index (χ3v) is 2.46. The van der Waals surface area contributed by atoms with Crippen molar-refractivity contribution in [3.63, 3.8) is 0 Å². The van der Waals surface area contributed by atoms with Crippen LogP contribution in [-0.4, -0.2) is 16.8 Å². The van der Waals surface area contributed by atoms with Gasteiger partial charge in [0.25, 0.3) is 0 Å². The standard InChI is InChI=1S/C10H9F3O2S/c11-10(12,13)7-3-1-2-6(4-7)8(5-16)9(14)15/h1-4,8,16H,5H2,(H,14,15). The minimum Gasteiger partial charge on any atom is -0.481 e. The van der Waals surface area contributed by atoms with E-state index in [9.17, 15) is 18.0 Å². The molecule has 1 atom stereocenters. The van der Waals surface area contributed by atoms with Gasteiger partial charge in [-0.15, -0.1) is 0 Å². The fourth-order valence-corrected chi connectivity index (χ4v) is 1.62. The molecule has 0 aliphatic rings. The summed E-state index contributed by atoms with van der Waals surface area (Å²) in [5, 5.41) is 8.79. The Bertz CT molecular complexity index is 390. The average Bonchev–Trinajstić information content (AvgIpc) is 2.17. The van der Waals surface area contributed by atoms with Crippen molar-refractivity contribution in [3.8, 4) is 0 Å². The molecule has 0 aromatic heterocycles. The first kappa shape index (κ1) is 12.9. The summed E-state index contributed by atoms with van der Waals surface area (Å²) < 4.78 is 37.1. The highest BCUT2D eigenvalue weighted by Crippen LogP contribution is 2.31. The number of halogens is 3. The quantitative estimate of drug-likeness (QED) is 0.809. The van der Waals surface area contributed by atoms with Crippen LogP contribution in [0.3, 0.4) is 0 Å². The maximum absolute atomic E-state index is 12.4. The molecule has 16 heavy (non-hydrogen) atoms. The summed E-state index contributed by atoms with van der Waals surface area (Å²) in [6, 6.07) is 4.29. The number of thiol groups is 1. The van der Waals surface area contributed by atoms with E-state index in [4.69, 9.17) is 5.11 Å². The van der Waals surface area contributed by atoms with Crippen LogP contribution in [0.4, 0.5) is 13.2 Å². The second-order valence-corrected chi connectivity index (χ2v) is 3.56. The lowest BCUT2D eigenvalue weighted by Crippen LogP contribution is -2.14. The Balaban J connectivity index is 3.11. The molecule has 0 fully saturated rings. The molecule has 6 heteroatoms. The van der Waals surface area contributed by atoms with Crippen LogP contribution in [0.25, 0.3) is 0 Å². The SMILES string of the molecule is O=C(O)C(CS)c1cccc(C(F)(F)F)c1. The van der Waals surface area contributed by atoms with Gasteiger partial charge in [-0.2, -0.15) is 25.8 Å². The van der Waals surface area contributed by atoms with Crippen LogP contribution < -0.4 is 0 Å².